The Morgan fingerprint density at radius 1 is 0.537 bits per heavy atom. The Bertz CT molecular complexity index is 954. The minimum atomic E-state index is -0.799. The van der Waals surface area contributed by atoms with Gasteiger partial charge < -0.3 is 19.7 Å². The van der Waals surface area contributed by atoms with Crippen LogP contribution in [0.15, 0.2) is 60.7 Å². The molecule has 2 aromatic rings. The summed E-state index contributed by atoms with van der Waals surface area (Å²) in [6, 6.07) is 19.4. The lowest BCUT2D eigenvalue weighted by molar-refractivity contribution is -0.173. The van der Waals surface area contributed by atoms with Gasteiger partial charge in [0, 0.05) is 12.8 Å². The van der Waals surface area contributed by atoms with Crippen molar-refractivity contribution in [2.75, 3.05) is 6.79 Å². The van der Waals surface area contributed by atoms with Crippen LogP contribution in [-0.4, -0.2) is 40.9 Å². The third kappa shape index (κ3) is 15.6. The van der Waals surface area contributed by atoms with Crippen LogP contribution in [-0.2, 0) is 41.5 Å². The lowest BCUT2D eigenvalue weighted by atomic mass is 9.93. The van der Waals surface area contributed by atoms with Gasteiger partial charge in [-0.25, -0.2) is 0 Å². The number of aliphatic carboxylic acids is 2. The van der Waals surface area contributed by atoms with E-state index in [0.717, 1.165) is 49.7 Å². The average molecular weight is 569 g/mol. The largest absolute Gasteiger partial charge is 0.481 e. The quantitative estimate of drug-likeness (QED) is 0.0924. The van der Waals surface area contributed by atoms with E-state index in [1.54, 1.807) is 0 Å². The molecule has 2 unspecified atom stereocenters. The van der Waals surface area contributed by atoms with Crippen molar-refractivity contribution in [2.24, 2.45) is 11.8 Å². The summed E-state index contributed by atoms with van der Waals surface area (Å²) in [5, 5.41) is 17.6. The Kier molecular flexibility index (Phi) is 16.5. The molecule has 0 heterocycles. The topological polar surface area (TPSA) is 127 Å². The molecule has 8 heteroatoms. The number of hydrogen-bond donors (Lipinski definition) is 2. The molecule has 2 N–H and O–H groups in total. The third-order valence-corrected chi connectivity index (χ3v) is 7.11. The summed E-state index contributed by atoms with van der Waals surface area (Å²) in [6.07, 6.45) is 8.57. The molecule has 0 saturated heterocycles. The van der Waals surface area contributed by atoms with Crippen LogP contribution in [0.5, 0.6) is 0 Å². The highest BCUT2D eigenvalue weighted by molar-refractivity contribution is 5.74. The molecule has 0 saturated carbocycles. The molecule has 224 valence electrons. The van der Waals surface area contributed by atoms with Gasteiger partial charge in [0.2, 0.25) is 6.79 Å². The zero-order valence-electron chi connectivity index (χ0n) is 23.9. The Balaban J connectivity index is 1.87. The third-order valence-electron chi connectivity index (χ3n) is 7.11. The second-order valence-corrected chi connectivity index (χ2v) is 10.5. The second-order valence-electron chi connectivity index (χ2n) is 10.5. The molecule has 0 radical (unpaired) electrons. The van der Waals surface area contributed by atoms with E-state index in [1.807, 2.05) is 60.7 Å². The van der Waals surface area contributed by atoms with Crippen LogP contribution >= 0.6 is 0 Å². The highest BCUT2D eigenvalue weighted by Crippen LogP contribution is 2.21. The van der Waals surface area contributed by atoms with Crippen molar-refractivity contribution in [1.29, 1.82) is 0 Å². The number of hydrogen-bond acceptors (Lipinski definition) is 6. The summed E-state index contributed by atoms with van der Waals surface area (Å²) in [4.78, 5) is 47.4. The van der Waals surface area contributed by atoms with Crippen LogP contribution in [0.1, 0.15) is 88.2 Å². The van der Waals surface area contributed by atoms with Crippen molar-refractivity contribution < 1.29 is 38.9 Å². The number of rotatable bonds is 22. The first-order valence-electron chi connectivity index (χ1n) is 14.7. The number of carboxylic acids is 2. The Morgan fingerprint density at radius 3 is 1.27 bits per heavy atom. The van der Waals surface area contributed by atoms with Gasteiger partial charge in [-0.3, -0.25) is 19.2 Å². The molecule has 0 aliphatic carbocycles. The normalized spacial score (nSPS) is 12.3. The Hall–Kier alpha value is -3.68. The molecule has 0 amide bonds. The van der Waals surface area contributed by atoms with Gasteiger partial charge in [0.25, 0.3) is 0 Å². The molecule has 0 fully saturated rings. The summed E-state index contributed by atoms with van der Waals surface area (Å²) < 4.78 is 10.8. The zero-order chi connectivity index (χ0) is 29.7. The highest BCUT2D eigenvalue weighted by atomic mass is 16.7. The van der Waals surface area contributed by atoms with Crippen molar-refractivity contribution >= 4 is 23.9 Å². The number of ether oxygens (including phenoxy) is 2. The maximum absolute atomic E-state index is 13.0. The maximum Gasteiger partial charge on any atom is 0.312 e. The molecule has 2 aromatic carbocycles. The van der Waals surface area contributed by atoms with Crippen LogP contribution < -0.4 is 0 Å². The lowest BCUT2D eigenvalue weighted by Crippen LogP contribution is -2.25. The van der Waals surface area contributed by atoms with E-state index >= 15 is 0 Å². The van der Waals surface area contributed by atoms with Crippen LogP contribution in [0.3, 0.4) is 0 Å². The molecule has 2 atom stereocenters. The van der Waals surface area contributed by atoms with Crippen molar-refractivity contribution in [3.63, 3.8) is 0 Å². The van der Waals surface area contributed by atoms with Crippen molar-refractivity contribution in [3.8, 4) is 0 Å². The van der Waals surface area contributed by atoms with E-state index in [0.29, 0.717) is 38.5 Å². The lowest BCUT2D eigenvalue weighted by Gasteiger charge is -2.18. The van der Waals surface area contributed by atoms with E-state index in [2.05, 4.69) is 0 Å². The smallest absolute Gasteiger partial charge is 0.312 e. The molecule has 2 rings (SSSR count). The van der Waals surface area contributed by atoms with E-state index in [-0.39, 0.29) is 24.7 Å². The van der Waals surface area contributed by atoms with Crippen LogP contribution in [0.4, 0.5) is 0 Å². The Labute approximate surface area is 243 Å². The summed E-state index contributed by atoms with van der Waals surface area (Å²) >= 11 is 0. The van der Waals surface area contributed by atoms with E-state index in [4.69, 9.17) is 19.7 Å². The van der Waals surface area contributed by atoms with E-state index < -0.39 is 30.7 Å². The number of benzene rings is 2. The first-order valence-corrected chi connectivity index (χ1v) is 14.7. The van der Waals surface area contributed by atoms with Crippen LogP contribution in [0.2, 0.25) is 0 Å². The van der Waals surface area contributed by atoms with Crippen molar-refractivity contribution in [3.05, 3.63) is 71.8 Å². The highest BCUT2D eigenvalue weighted by Gasteiger charge is 2.23. The Morgan fingerprint density at radius 2 is 0.902 bits per heavy atom. The average Bonchev–Trinajstić information content (AvgIpc) is 2.96. The molecule has 8 nitrogen and oxygen atoms in total. The monoisotopic (exact) mass is 568 g/mol. The fraction of sp³-hybridized carbons (Fsp3) is 0.515. The fourth-order valence-electron chi connectivity index (χ4n) is 4.83. The summed E-state index contributed by atoms with van der Waals surface area (Å²) in [6.45, 7) is -0.439. The van der Waals surface area contributed by atoms with Gasteiger partial charge in [0.15, 0.2) is 0 Å². The zero-order valence-corrected chi connectivity index (χ0v) is 23.9. The molecule has 0 aliphatic rings. The molecule has 0 spiro atoms. The van der Waals surface area contributed by atoms with Gasteiger partial charge in [-0.05, 0) is 49.7 Å². The van der Waals surface area contributed by atoms with E-state index in [1.165, 1.54) is 0 Å². The maximum atomic E-state index is 13.0. The standard InChI is InChI=1S/C33H44O8/c34-30(35)21-13-3-1-11-19-28(23-26-15-7-5-8-16-26)32(38)40-25-41-33(39)29(24-27-17-9-6-10-18-27)20-12-2-4-14-22-31(36)37/h5-10,15-18,28-29H,1-4,11-14,19-25H2,(H,34,35)(H,36,37). The molecule has 0 aliphatic heterocycles. The SMILES string of the molecule is O=C(O)CCCCCCC(Cc1ccccc1)C(=O)OCOC(=O)C(CCCCCCC(=O)O)Cc1ccccc1. The predicted octanol–water partition coefficient (Wildman–Crippen LogP) is 6.60. The fourth-order valence-corrected chi connectivity index (χ4v) is 4.83. The molecule has 0 bridgehead atoms. The van der Waals surface area contributed by atoms with Gasteiger partial charge in [0.05, 0.1) is 11.8 Å². The minimum absolute atomic E-state index is 0.150. The first-order chi connectivity index (χ1) is 19.8. The minimum Gasteiger partial charge on any atom is -0.481 e. The number of esters is 2. The van der Waals surface area contributed by atoms with Gasteiger partial charge in [0.1, 0.15) is 0 Å². The molecule has 0 aromatic heterocycles. The molecule has 41 heavy (non-hydrogen) atoms. The summed E-state index contributed by atoms with van der Waals surface area (Å²) in [7, 11) is 0. The predicted molar refractivity (Wildman–Crippen MR) is 155 cm³/mol. The van der Waals surface area contributed by atoms with Gasteiger partial charge in [-0.2, -0.15) is 0 Å². The summed E-state index contributed by atoms with van der Waals surface area (Å²) in [5.74, 6) is -3.20. The number of carboxylic acid groups (broad SMARTS) is 2. The van der Waals surface area contributed by atoms with Gasteiger partial charge in [-0.15, -0.1) is 0 Å². The second kappa shape index (κ2) is 20.2. The molecular formula is C33H44O8. The van der Waals surface area contributed by atoms with E-state index in [9.17, 15) is 19.2 Å². The van der Waals surface area contributed by atoms with Gasteiger partial charge >= 0.3 is 23.9 Å². The van der Waals surface area contributed by atoms with Crippen LogP contribution in [0, 0.1) is 11.8 Å². The van der Waals surface area contributed by atoms with Crippen molar-refractivity contribution in [2.45, 2.75) is 89.9 Å². The number of unbranched alkanes of at least 4 members (excludes halogenated alkanes) is 6. The summed E-state index contributed by atoms with van der Waals surface area (Å²) in [5.41, 5.74) is 2.03. The molecular weight excluding hydrogens is 524 g/mol. The number of carbonyl (C=O) groups is 4. The first kappa shape index (κ1) is 33.5. The van der Waals surface area contributed by atoms with Gasteiger partial charge in [-0.1, -0.05) is 99.2 Å². The van der Waals surface area contributed by atoms with Crippen molar-refractivity contribution in [1.82, 2.24) is 0 Å². The number of carbonyl (C=O) groups excluding carboxylic acids is 2. The van der Waals surface area contributed by atoms with Crippen LogP contribution in [0.25, 0.3) is 0 Å².